The Labute approximate surface area is 150 Å². The highest BCUT2D eigenvalue weighted by atomic mass is 19.2. The van der Waals surface area contributed by atoms with Crippen molar-refractivity contribution < 1.29 is 23.8 Å². The third kappa shape index (κ3) is 2.65. The summed E-state index contributed by atoms with van der Waals surface area (Å²) in [7, 11) is 0. The van der Waals surface area contributed by atoms with Crippen LogP contribution in [0.1, 0.15) is 37.3 Å². The van der Waals surface area contributed by atoms with Crippen molar-refractivity contribution >= 4 is 11.6 Å². The molecule has 1 amide bonds. The fourth-order valence-corrected chi connectivity index (χ4v) is 3.64. The quantitative estimate of drug-likeness (QED) is 0.775. The second-order valence-corrected chi connectivity index (χ2v) is 6.53. The molecule has 0 radical (unpaired) electrons. The minimum Gasteiger partial charge on any atom is -0.508 e. The summed E-state index contributed by atoms with van der Waals surface area (Å²) in [6.07, 6.45) is 2.70. The smallest absolute Gasteiger partial charge is 0.244 e. The van der Waals surface area contributed by atoms with Crippen LogP contribution in [-0.2, 0) is 10.2 Å². The molecule has 3 rings (SSSR count). The van der Waals surface area contributed by atoms with Gasteiger partial charge in [-0.1, -0.05) is 38.0 Å². The van der Waals surface area contributed by atoms with E-state index in [2.05, 4.69) is 6.92 Å². The Morgan fingerprint density at radius 1 is 1.08 bits per heavy atom. The van der Waals surface area contributed by atoms with Crippen LogP contribution in [0, 0.1) is 11.6 Å². The zero-order chi connectivity index (χ0) is 18.9. The molecule has 26 heavy (non-hydrogen) atoms. The van der Waals surface area contributed by atoms with Gasteiger partial charge in [0.25, 0.3) is 0 Å². The van der Waals surface area contributed by atoms with Gasteiger partial charge in [-0.15, -0.1) is 0 Å². The summed E-state index contributed by atoms with van der Waals surface area (Å²) in [6.45, 7) is 1.85. The molecular weight excluding hydrogens is 340 g/mol. The summed E-state index contributed by atoms with van der Waals surface area (Å²) in [4.78, 5) is 14.9. The third-order valence-corrected chi connectivity index (χ3v) is 4.99. The van der Waals surface area contributed by atoms with E-state index in [1.54, 1.807) is 29.2 Å². The minimum atomic E-state index is -1.65. The van der Waals surface area contributed by atoms with Gasteiger partial charge in [0.05, 0.1) is 6.61 Å². The number of phenolic OH excluding ortho intramolecular Hbond substituents is 1. The number of amides is 1. The summed E-state index contributed by atoms with van der Waals surface area (Å²) in [5, 5.41) is 20.4. The molecule has 0 saturated heterocycles. The lowest BCUT2D eigenvalue weighted by Gasteiger charge is -2.28. The number of aromatic hydroxyl groups is 1. The summed E-state index contributed by atoms with van der Waals surface area (Å²) < 4.78 is 27.3. The van der Waals surface area contributed by atoms with E-state index in [1.165, 1.54) is 0 Å². The Kier molecular flexibility index (Phi) is 4.96. The molecule has 0 spiro atoms. The van der Waals surface area contributed by atoms with E-state index in [0.717, 1.165) is 25.3 Å². The van der Waals surface area contributed by atoms with Crippen molar-refractivity contribution in [3.05, 3.63) is 59.2 Å². The van der Waals surface area contributed by atoms with Crippen LogP contribution in [0.5, 0.6) is 5.75 Å². The van der Waals surface area contributed by atoms with Crippen molar-refractivity contribution in [3.63, 3.8) is 0 Å². The predicted molar refractivity (Wildman–Crippen MR) is 94.2 cm³/mol. The van der Waals surface area contributed by atoms with Crippen LogP contribution in [0.3, 0.4) is 0 Å². The Hall–Kier alpha value is -2.47. The van der Waals surface area contributed by atoms with Crippen molar-refractivity contribution in [1.82, 2.24) is 0 Å². The summed E-state index contributed by atoms with van der Waals surface area (Å²) in [5.74, 6) is -3.40. The van der Waals surface area contributed by atoms with Crippen LogP contribution in [0.2, 0.25) is 0 Å². The number of para-hydroxylation sites is 1. The normalized spacial score (nSPS) is 19.1. The Morgan fingerprint density at radius 2 is 1.77 bits per heavy atom. The summed E-state index contributed by atoms with van der Waals surface area (Å²) in [6, 6.07) is 8.35. The maximum absolute atomic E-state index is 13.9. The first-order valence-electron chi connectivity index (χ1n) is 8.68. The molecule has 0 aromatic heterocycles. The van der Waals surface area contributed by atoms with Gasteiger partial charge in [-0.3, -0.25) is 4.79 Å². The van der Waals surface area contributed by atoms with Gasteiger partial charge in [0.15, 0.2) is 11.6 Å². The summed E-state index contributed by atoms with van der Waals surface area (Å²) in [5.41, 5.74) is -0.687. The average Bonchev–Trinajstić information content (AvgIpc) is 2.87. The number of halogens is 2. The zero-order valence-electron chi connectivity index (χ0n) is 14.5. The van der Waals surface area contributed by atoms with Gasteiger partial charge < -0.3 is 15.1 Å². The number of fused-ring (bicyclic) bond motifs is 1. The lowest BCUT2D eigenvalue weighted by molar-refractivity contribution is -0.123. The maximum Gasteiger partial charge on any atom is 0.244 e. The van der Waals surface area contributed by atoms with Crippen molar-refractivity contribution in [2.24, 2.45) is 0 Å². The average molecular weight is 361 g/mol. The van der Waals surface area contributed by atoms with E-state index < -0.39 is 35.3 Å². The molecule has 1 heterocycles. The Bertz CT molecular complexity index is 840. The molecule has 0 aliphatic carbocycles. The molecule has 1 atom stereocenters. The lowest BCUT2D eigenvalue weighted by atomic mass is 9.75. The number of aliphatic hydroxyl groups excluding tert-OH is 1. The topological polar surface area (TPSA) is 60.8 Å². The Morgan fingerprint density at radius 3 is 2.46 bits per heavy atom. The van der Waals surface area contributed by atoms with Crippen LogP contribution < -0.4 is 4.90 Å². The molecular formula is C20H21F2NO3. The molecule has 0 saturated carbocycles. The molecule has 2 aromatic rings. The second kappa shape index (κ2) is 7.03. The molecule has 138 valence electrons. The molecule has 1 unspecified atom stereocenters. The van der Waals surface area contributed by atoms with Gasteiger partial charge in [-0.2, -0.15) is 0 Å². The molecule has 2 N–H and O–H groups in total. The Balaban J connectivity index is 2.18. The lowest BCUT2D eigenvalue weighted by Crippen LogP contribution is -2.44. The predicted octanol–water partition coefficient (Wildman–Crippen LogP) is 3.49. The number of rotatable bonds is 6. The molecule has 0 bridgehead atoms. The van der Waals surface area contributed by atoms with Crippen LogP contribution in [-0.4, -0.2) is 29.3 Å². The number of unbranched alkanes of at least 4 members (excludes halogenated alkanes) is 2. The summed E-state index contributed by atoms with van der Waals surface area (Å²) >= 11 is 0. The van der Waals surface area contributed by atoms with E-state index in [4.69, 9.17) is 0 Å². The molecule has 4 nitrogen and oxygen atoms in total. The highest BCUT2D eigenvalue weighted by Gasteiger charge is 2.53. The van der Waals surface area contributed by atoms with E-state index in [9.17, 15) is 23.8 Å². The number of benzene rings is 2. The van der Waals surface area contributed by atoms with Gasteiger partial charge in [-0.25, -0.2) is 8.78 Å². The maximum atomic E-state index is 13.9. The first kappa shape index (κ1) is 18.3. The van der Waals surface area contributed by atoms with E-state index in [0.29, 0.717) is 23.9 Å². The van der Waals surface area contributed by atoms with Gasteiger partial charge in [0.1, 0.15) is 11.2 Å². The second-order valence-electron chi connectivity index (χ2n) is 6.53. The third-order valence-electron chi connectivity index (χ3n) is 4.99. The molecule has 1 aliphatic rings. The highest BCUT2D eigenvalue weighted by molar-refractivity contribution is 6.11. The van der Waals surface area contributed by atoms with E-state index >= 15 is 0 Å². The van der Waals surface area contributed by atoms with Crippen LogP contribution >= 0.6 is 0 Å². The fraction of sp³-hybridized carbons (Fsp3) is 0.350. The van der Waals surface area contributed by atoms with E-state index in [-0.39, 0.29) is 5.56 Å². The first-order valence-corrected chi connectivity index (χ1v) is 8.68. The number of hydrogen-bond donors (Lipinski definition) is 2. The fourth-order valence-electron chi connectivity index (χ4n) is 3.64. The molecule has 6 heteroatoms. The van der Waals surface area contributed by atoms with Crippen LogP contribution in [0.25, 0.3) is 0 Å². The van der Waals surface area contributed by atoms with Gasteiger partial charge in [0, 0.05) is 23.9 Å². The first-order chi connectivity index (χ1) is 12.5. The van der Waals surface area contributed by atoms with Crippen LogP contribution in [0.4, 0.5) is 14.5 Å². The molecule has 1 aliphatic heterocycles. The van der Waals surface area contributed by atoms with Crippen molar-refractivity contribution in [1.29, 1.82) is 0 Å². The number of anilines is 1. The van der Waals surface area contributed by atoms with Gasteiger partial charge >= 0.3 is 0 Å². The van der Waals surface area contributed by atoms with Crippen molar-refractivity contribution in [3.8, 4) is 5.75 Å². The number of carbonyl (C=O) groups is 1. The largest absolute Gasteiger partial charge is 0.508 e. The number of carbonyl (C=O) groups excluding carboxylic acids is 1. The van der Waals surface area contributed by atoms with Crippen LogP contribution in [0.15, 0.2) is 36.4 Å². The number of nitrogens with zero attached hydrogens (tertiary/aromatic N) is 1. The van der Waals surface area contributed by atoms with Gasteiger partial charge in [-0.05, 0) is 24.1 Å². The molecule has 0 fully saturated rings. The van der Waals surface area contributed by atoms with Crippen molar-refractivity contribution in [2.45, 2.75) is 31.6 Å². The standard InChI is InChI=1S/C20H21F2NO3/c1-2-3-6-9-23-17-8-5-4-7-13(17)20(12-24,19(23)26)14-10-15(21)16(22)11-18(14)25/h4-5,7-8,10-11,24-25H,2-3,6,9,12H2,1H3. The zero-order valence-corrected chi connectivity index (χ0v) is 14.5. The van der Waals surface area contributed by atoms with E-state index in [1.807, 2.05) is 0 Å². The van der Waals surface area contributed by atoms with Crippen molar-refractivity contribution in [2.75, 3.05) is 18.1 Å². The number of hydrogen-bond acceptors (Lipinski definition) is 3. The highest BCUT2D eigenvalue weighted by Crippen LogP contribution is 2.48. The number of phenols is 1. The monoisotopic (exact) mass is 361 g/mol. The van der Waals surface area contributed by atoms with Gasteiger partial charge in [0.2, 0.25) is 5.91 Å². The SMILES string of the molecule is CCCCCN1C(=O)C(CO)(c2cc(F)c(F)cc2O)c2ccccc21. The molecule has 2 aromatic carbocycles. The minimum absolute atomic E-state index is 0.130. The number of aliphatic hydroxyl groups is 1.